The number of rotatable bonds is 8. The number of aromatic amines is 1. The number of ether oxygens (including phenoxy) is 2. The van der Waals surface area contributed by atoms with E-state index in [9.17, 15) is 9.59 Å². The van der Waals surface area contributed by atoms with Crippen molar-refractivity contribution in [3.05, 3.63) is 64.7 Å². The predicted octanol–water partition coefficient (Wildman–Crippen LogP) is 4.76. The first-order chi connectivity index (χ1) is 16.9. The van der Waals surface area contributed by atoms with Crippen LogP contribution >= 0.6 is 0 Å². The van der Waals surface area contributed by atoms with Crippen molar-refractivity contribution in [3.8, 4) is 22.4 Å². The second kappa shape index (κ2) is 10.5. The highest BCUT2D eigenvalue weighted by molar-refractivity contribution is 5.97. The van der Waals surface area contributed by atoms with E-state index in [-0.39, 0.29) is 24.2 Å². The molecule has 1 aromatic carbocycles. The van der Waals surface area contributed by atoms with Gasteiger partial charge in [0.2, 0.25) is 5.95 Å². The van der Waals surface area contributed by atoms with Crippen LogP contribution in [0, 0.1) is 6.92 Å². The summed E-state index contributed by atoms with van der Waals surface area (Å²) in [7, 11) is 0. The smallest absolute Gasteiger partial charge is 0.413 e. The molecule has 9 heteroatoms. The molecular weight excluding hydrogens is 446 g/mol. The number of hydrogen-bond donors (Lipinski definition) is 2. The summed E-state index contributed by atoms with van der Waals surface area (Å²) in [6.07, 6.45) is 1.23. The molecule has 0 aliphatic rings. The average Bonchev–Trinajstić information content (AvgIpc) is 3.22. The number of benzene rings is 1. The molecule has 0 aliphatic heterocycles. The Morgan fingerprint density at radius 1 is 1.17 bits per heavy atom. The van der Waals surface area contributed by atoms with Crippen molar-refractivity contribution >= 4 is 23.1 Å². The van der Waals surface area contributed by atoms with Gasteiger partial charge >= 0.3 is 6.09 Å². The molecule has 3 heterocycles. The SMILES string of the molecule is CCOC(=O)Nc1nc2cc(-c3cc(C)n(CCOC(C)C)c(=O)c3)cc(-c3ccccn3)c2[nH]1. The maximum Gasteiger partial charge on any atom is 0.413 e. The van der Waals surface area contributed by atoms with Gasteiger partial charge in [-0.05, 0) is 69.2 Å². The zero-order chi connectivity index (χ0) is 24.9. The number of anilines is 1. The molecule has 182 valence electrons. The van der Waals surface area contributed by atoms with Gasteiger partial charge in [-0.3, -0.25) is 15.1 Å². The molecule has 0 saturated carbocycles. The molecule has 0 fully saturated rings. The van der Waals surface area contributed by atoms with E-state index >= 15 is 0 Å². The molecule has 0 aliphatic carbocycles. The number of aryl methyl sites for hydroxylation is 1. The second-order valence-corrected chi connectivity index (χ2v) is 8.36. The van der Waals surface area contributed by atoms with Gasteiger partial charge in [0.25, 0.3) is 5.56 Å². The molecular formula is C26H29N5O4. The number of nitrogens with one attached hydrogen (secondary N) is 2. The molecule has 35 heavy (non-hydrogen) atoms. The van der Waals surface area contributed by atoms with Crippen molar-refractivity contribution in [2.45, 2.75) is 40.3 Å². The number of H-pyrrole nitrogens is 1. The lowest BCUT2D eigenvalue weighted by atomic mass is 10.00. The topological polar surface area (TPSA) is 111 Å². The second-order valence-electron chi connectivity index (χ2n) is 8.36. The fourth-order valence-electron chi connectivity index (χ4n) is 3.89. The van der Waals surface area contributed by atoms with Gasteiger partial charge in [-0.25, -0.2) is 9.78 Å². The summed E-state index contributed by atoms with van der Waals surface area (Å²) in [5, 5.41) is 2.61. The number of amides is 1. The zero-order valence-electron chi connectivity index (χ0n) is 20.3. The Morgan fingerprint density at radius 2 is 1.97 bits per heavy atom. The number of imidazole rings is 1. The van der Waals surface area contributed by atoms with Gasteiger partial charge < -0.3 is 19.0 Å². The third kappa shape index (κ3) is 5.58. The molecule has 0 atom stereocenters. The summed E-state index contributed by atoms with van der Waals surface area (Å²) in [6.45, 7) is 8.79. The van der Waals surface area contributed by atoms with Gasteiger partial charge in [-0.15, -0.1) is 0 Å². The molecule has 4 rings (SSSR count). The first kappa shape index (κ1) is 24.2. The molecule has 3 aromatic heterocycles. The third-order valence-corrected chi connectivity index (χ3v) is 5.46. The van der Waals surface area contributed by atoms with Crippen LogP contribution in [0.4, 0.5) is 10.7 Å². The van der Waals surface area contributed by atoms with Gasteiger partial charge in [-0.2, -0.15) is 0 Å². The fraction of sp³-hybridized carbons (Fsp3) is 0.308. The van der Waals surface area contributed by atoms with Gasteiger partial charge in [0.05, 0.1) is 36.0 Å². The largest absolute Gasteiger partial charge is 0.450 e. The molecule has 4 aromatic rings. The Hall–Kier alpha value is -3.98. The minimum atomic E-state index is -0.591. The molecule has 1 amide bonds. The lowest BCUT2D eigenvalue weighted by Gasteiger charge is -2.14. The molecule has 0 unspecified atom stereocenters. The van der Waals surface area contributed by atoms with Crippen molar-refractivity contribution in [2.24, 2.45) is 0 Å². The van der Waals surface area contributed by atoms with Crippen molar-refractivity contribution in [1.29, 1.82) is 0 Å². The third-order valence-electron chi connectivity index (χ3n) is 5.46. The lowest BCUT2D eigenvalue weighted by Crippen LogP contribution is -2.24. The number of aromatic nitrogens is 4. The van der Waals surface area contributed by atoms with Gasteiger partial charge in [0, 0.05) is 30.1 Å². The average molecular weight is 476 g/mol. The maximum atomic E-state index is 12.9. The molecule has 9 nitrogen and oxygen atoms in total. The molecule has 0 bridgehead atoms. The van der Waals surface area contributed by atoms with Crippen LogP contribution in [0.15, 0.2) is 53.5 Å². The van der Waals surface area contributed by atoms with Crippen molar-refractivity contribution < 1.29 is 14.3 Å². The van der Waals surface area contributed by atoms with Crippen LogP contribution in [-0.4, -0.2) is 44.9 Å². The number of fused-ring (bicyclic) bond motifs is 1. The van der Waals surface area contributed by atoms with Gasteiger partial charge in [0.15, 0.2) is 0 Å². The van der Waals surface area contributed by atoms with E-state index in [1.807, 2.05) is 57.2 Å². The maximum absolute atomic E-state index is 12.9. The summed E-state index contributed by atoms with van der Waals surface area (Å²) in [5.41, 5.74) is 5.21. The highest BCUT2D eigenvalue weighted by Gasteiger charge is 2.16. The summed E-state index contributed by atoms with van der Waals surface area (Å²) >= 11 is 0. The van der Waals surface area contributed by atoms with Crippen LogP contribution in [-0.2, 0) is 16.0 Å². The zero-order valence-corrected chi connectivity index (χ0v) is 20.3. The van der Waals surface area contributed by atoms with E-state index in [0.717, 1.165) is 33.6 Å². The van der Waals surface area contributed by atoms with E-state index in [2.05, 4.69) is 20.3 Å². The Morgan fingerprint density at radius 3 is 2.66 bits per heavy atom. The van der Waals surface area contributed by atoms with Crippen LogP contribution in [0.25, 0.3) is 33.4 Å². The van der Waals surface area contributed by atoms with Crippen LogP contribution in [0.5, 0.6) is 0 Å². The summed E-state index contributed by atoms with van der Waals surface area (Å²) in [6, 6.07) is 13.1. The fourth-order valence-corrected chi connectivity index (χ4v) is 3.89. The van der Waals surface area contributed by atoms with Crippen molar-refractivity contribution in [2.75, 3.05) is 18.5 Å². The van der Waals surface area contributed by atoms with E-state index in [4.69, 9.17) is 9.47 Å². The quantitative estimate of drug-likeness (QED) is 0.380. The van der Waals surface area contributed by atoms with Crippen LogP contribution < -0.4 is 10.9 Å². The van der Waals surface area contributed by atoms with Crippen molar-refractivity contribution in [3.63, 3.8) is 0 Å². The summed E-state index contributed by atoms with van der Waals surface area (Å²) < 4.78 is 12.3. The van der Waals surface area contributed by atoms with E-state index < -0.39 is 6.09 Å². The normalized spacial score (nSPS) is 11.2. The first-order valence-electron chi connectivity index (χ1n) is 11.6. The monoisotopic (exact) mass is 475 g/mol. The van der Waals surface area contributed by atoms with Crippen molar-refractivity contribution in [1.82, 2.24) is 19.5 Å². The predicted molar refractivity (Wildman–Crippen MR) is 135 cm³/mol. The molecule has 0 saturated heterocycles. The van der Waals surface area contributed by atoms with Crippen LogP contribution in [0.2, 0.25) is 0 Å². The Balaban J connectivity index is 1.78. The van der Waals surface area contributed by atoms with Crippen LogP contribution in [0.3, 0.4) is 0 Å². The van der Waals surface area contributed by atoms with Gasteiger partial charge in [0.1, 0.15) is 0 Å². The summed E-state index contributed by atoms with van der Waals surface area (Å²) in [4.78, 5) is 37.0. The van der Waals surface area contributed by atoms with E-state index in [1.165, 1.54) is 0 Å². The highest BCUT2D eigenvalue weighted by atomic mass is 16.5. The number of carbonyl (C=O) groups is 1. The highest BCUT2D eigenvalue weighted by Crippen LogP contribution is 2.33. The number of pyridine rings is 2. The number of nitrogens with zero attached hydrogens (tertiary/aromatic N) is 3. The Bertz CT molecular complexity index is 1390. The lowest BCUT2D eigenvalue weighted by molar-refractivity contribution is 0.0719. The number of hydrogen-bond acceptors (Lipinski definition) is 6. The number of carbonyl (C=O) groups excluding carboxylic acids is 1. The molecule has 0 radical (unpaired) electrons. The minimum absolute atomic E-state index is 0.0986. The Kier molecular flexibility index (Phi) is 7.26. The molecule has 2 N–H and O–H groups in total. The Labute approximate surface area is 203 Å². The van der Waals surface area contributed by atoms with Crippen LogP contribution in [0.1, 0.15) is 26.5 Å². The standard InChI is InChI=1S/C26H29N5O4/c1-5-34-26(33)30-25-28-22-14-19(13-20(24(22)29-25)21-8-6-7-9-27-21)18-12-17(4)31(23(32)15-18)10-11-35-16(2)3/h6-9,12-16H,5,10-11H2,1-4H3,(H2,28,29,30,33). The summed E-state index contributed by atoms with van der Waals surface area (Å²) in [5.74, 6) is 0.268. The molecule has 0 spiro atoms. The first-order valence-corrected chi connectivity index (χ1v) is 11.6. The van der Waals surface area contributed by atoms with Gasteiger partial charge in [-0.1, -0.05) is 6.07 Å². The van der Waals surface area contributed by atoms with E-state index in [0.29, 0.717) is 18.7 Å². The minimum Gasteiger partial charge on any atom is -0.450 e. The van der Waals surface area contributed by atoms with E-state index in [1.54, 1.807) is 23.8 Å².